The molecule has 0 aliphatic carbocycles. The van der Waals surface area contributed by atoms with Gasteiger partial charge in [-0.05, 0) is 32.9 Å². The number of nitrogens with one attached hydrogen (secondary N) is 1. The van der Waals surface area contributed by atoms with Crippen LogP contribution in [0.2, 0.25) is 0 Å². The molecule has 0 atom stereocenters. The zero-order valence-corrected chi connectivity index (χ0v) is 11.4. The fraction of sp³-hybridized carbons (Fsp3) is 0.571. The molecule has 0 radical (unpaired) electrons. The van der Waals surface area contributed by atoms with Crippen molar-refractivity contribution in [1.82, 2.24) is 10.3 Å². The van der Waals surface area contributed by atoms with Crippen LogP contribution >= 0.6 is 0 Å². The molecule has 18 heavy (non-hydrogen) atoms. The van der Waals surface area contributed by atoms with E-state index < -0.39 is 5.60 Å². The third kappa shape index (κ3) is 7.01. The highest BCUT2D eigenvalue weighted by atomic mass is 16.6. The smallest absolute Gasteiger partial charge is 0.307 e. The molecule has 4 nitrogen and oxygen atoms in total. The van der Waals surface area contributed by atoms with Gasteiger partial charge in [0.15, 0.2) is 0 Å². The number of esters is 1. The Labute approximate surface area is 109 Å². The van der Waals surface area contributed by atoms with Crippen molar-refractivity contribution in [3.05, 3.63) is 30.1 Å². The lowest BCUT2D eigenvalue weighted by atomic mass is 10.2. The Morgan fingerprint density at radius 3 is 2.72 bits per heavy atom. The van der Waals surface area contributed by atoms with E-state index >= 15 is 0 Å². The van der Waals surface area contributed by atoms with Crippen molar-refractivity contribution in [1.29, 1.82) is 0 Å². The average molecular weight is 250 g/mol. The van der Waals surface area contributed by atoms with E-state index in [0.29, 0.717) is 13.0 Å². The zero-order valence-electron chi connectivity index (χ0n) is 11.4. The molecule has 0 spiro atoms. The number of rotatable bonds is 6. The highest BCUT2D eigenvalue weighted by Gasteiger charge is 2.15. The van der Waals surface area contributed by atoms with E-state index in [9.17, 15) is 4.79 Å². The molecular weight excluding hydrogens is 228 g/mol. The van der Waals surface area contributed by atoms with Gasteiger partial charge in [-0.3, -0.25) is 9.78 Å². The number of nitrogens with zero attached hydrogens (tertiary/aromatic N) is 1. The second-order valence-electron chi connectivity index (χ2n) is 5.16. The third-order valence-electron chi connectivity index (χ3n) is 2.21. The summed E-state index contributed by atoms with van der Waals surface area (Å²) < 4.78 is 5.21. The topological polar surface area (TPSA) is 51.2 Å². The normalized spacial score (nSPS) is 11.3. The molecule has 0 fully saturated rings. The molecule has 0 saturated carbocycles. The molecule has 4 heteroatoms. The highest BCUT2D eigenvalue weighted by molar-refractivity contribution is 5.70. The van der Waals surface area contributed by atoms with Crippen molar-refractivity contribution in [3.8, 4) is 0 Å². The number of hydrogen-bond donors (Lipinski definition) is 1. The van der Waals surface area contributed by atoms with Crippen molar-refractivity contribution in [2.75, 3.05) is 13.1 Å². The summed E-state index contributed by atoms with van der Waals surface area (Å²) >= 11 is 0. The molecule has 0 unspecified atom stereocenters. The first-order chi connectivity index (χ1) is 8.47. The van der Waals surface area contributed by atoms with Gasteiger partial charge in [-0.15, -0.1) is 0 Å². The van der Waals surface area contributed by atoms with Crippen LogP contribution in [0.5, 0.6) is 0 Å². The Balaban J connectivity index is 2.07. The van der Waals surface area contributed by atoms with Crippen LogP contribution in [0.25, 0.3) is 0 Å². The van der Waals surface area contributed by atoms with E-state index in [1.807, 2.05) is 39.0 Å². The van der Waals surface area contributed by atoms with Crippen LogP contribution in [0.4, 0.5) is 0 Å². The van der Waals surface area contributed by atoms with Crippen LogP contribution < -0.4 is 5.32 Å². The molecule has 100 valence electrons. The van der Waals surface area contributed by atoms with Crippen LogP contribution in [0.15, 0.2) is 24.4 Å². The minimum Gasteiger partial charge on any atom is -0.460 e. The van der Waals surface area contributed by atoms with Gasteiger partial charge < -0.3 is 10.1 Å². The lowest BCUT2D eigenvalue weighted by Crippen LogP contribution is -2.27. The fourth-order valence-electron chi connectivity index (χ4n) is 1.47. The first-order valence-corrected chi connectivity index (χ1v) is 6.30. The van der Waals surface area contributed by atoms with Gasteiger partial charge in [0.25, 0.3) is 0 Å². The van der Waals surface area contributed by atoms with Crippen LogP contribution in [0.1, 0.15) is 32.9 Å². The minimum absolute atomic E-state index is 0.159. The summed E-state index contributed by atoms with van der Waals surface area (Å²) in [6, 6.07) is 5.87. The maximum absolute atomic E-state index is 11.4. The van der Waals surface area contributed by atoms with Gasteiger partial charge in [0.05, 0.1) is 6.42 Å². The van der Waals surface area contributed by atoms with Crippen molar-refractivity contribution in [2.45, 2.75) is 39.2 Å². The van der Waals surface area contributed by atoms with Crippen LogP contribution in [0.3, 0.4) is 0 Å². The van der Waals surface area contributed by atoms with Gasteiger partial charge >= 0.3 is 5.97 Å². The Morgan fingerprint density at radius 1 is 1.33 bits per heavy atom. The lowest BCUT2D eigenvalue weighted by molar-refractivity contribution is -0.154. The van der Waals surface area contributed by atoms with Gasteiger partial charge in [0.1, 0.15) is 5.60 Å². The van der Waals surface area contributed by atoms with E-state index in [1.54, 1.807) is 6.20 Å². The maximum Gasteiger partial charge on any atom is 0.307 e. The number of aromatic nitrogens is 1. The Hall–Kier alpha value is -1.42. The summed E-state index contributed by atoms with van der Waals surface area (Å²) in [7, 11) is 0. The number of ether oxygens (including phenoxy) is 1. The fourth-order valence-corrected chi connectivity index (χ4v) is 1.47. The Kier molecular flexibility index (Phi) is 5.78. The molecular formula is C14H22N2O2. The van der Waals surface area contributed by atoms with E-state index in [1.165, 1.54) is 0 Å². The van der Waals surface area contributed by atoms with E-state index in [-0.39, 0.29) is 5.97 Å². The molecule has 1 N–H and O–H groups in total. The first-order valence-electron chi connectivity index (χ1n) is 6.30. The summed E-state index contributed by atoms with van der Waals surface area (Å²) in [6.07, 6.45) is 3.06. The van der Waals surface area contributed by atoms with E-state index in [2.05, 4.69) is 10.3 Å². The van der Waals surface area contributed by atoms with Gasteiger partial charge in [-0.2, -0.15) is 0 Å². The maximum atomic E-state index is 11.4. The largest absolute Gasteiger partial charge is 0.460 e. The molecule has 1 aromatic heterocycles. The van der Waals surface area contributed by atoms with Crippen molar-refractivity contribution in [3.63, 3.8) is 0 Å². The molecule has 0 saturated heterocycles. The molecule has 0 aliphatic heterocycles. The monoisotopic (exact) mass is 250 g/mol. The van der Waals surface area contributed by atoms with Crippen molar-refractivity contribution in [2.24, 2.45) is 0 Å². The van der Waals surface area contributed by atoms with Gasteiger partial charge in [-0.1, -0.05) is 6.07 Å². The van der Waals surface area contributed by atoms with Crippen molar-refractivity contribution < 1.29 is 9.53 Å². The van der Waals surface area contributed by atoms with E-state index in [0.717, 1.165) is 18.7 Å². The number of pyridine rings is 1. The van der Waals surface area contributed by atoms with Crippen LogP contribution in [-0.2, 0) is 16.0 Å². The van der Waals surface area contributed by atoms with Crippen LogP contribution in [0, 0.1) is 0 Å². The zero-order chi connectivity index (χ0) is 13.4. The quantitative estimate of drug-likeness (QED) is 0.619. The predicted octanol–water partition coefficient (Wildman–Crippen LogP) is 1.95. The molecule has 0 amide bonds. The number of hydrogen-bond acceptors (Lipinski definition) is 4. The standard InChI is InChI=1S/C14H22N2O2/c1-14(2,3)18-13(17)8-11-15-10-7-12-6-4-5-9-16-12/h4-6,9,15H,7-8,10-11H2,1-3H3. The molecule has 0 aromatic carbocycles. The van der Waals surface area contributed by atoms with Crippen molar-refractivity contribution >= 4 is 5.97 Å². The summed E-state index contributed by atoms with van der Waals surface area (Å²) in [6.45, 7) is 7.08. The van der Waals surface area contributed by atoms with Gasteiger partial charge in [-0.25, -0.2) is 0 Å². The summed E-state index contributed by atoms with van der Waals surface area (Å²) in [4.78, 5) is 15.6. The molecule has 1 aromatic rings. The van der Waals surface area contributed by atoms with Gasteiger partial charge in [0.2, 0.25) is 0 Å². The SMILES string of the molecule is CC(C)(C)OC(=O)CCNCCc1ccccn1. The first kappa shape index (κ1) is 14.6. The number of carbonyl (C=O) groups is 1. The highest BCUT2D eigenvalue weighted by Crippen LogP contribution is 2.07. The number of carbonyl (C=O) groups excluding carboxylic acids is 1. The van der Waals surface area contributed by atoms with Gasteiger partial charge in [0, 0.05) is 31.4 Å². The predicted molar refractivity (Wildman–Crippen MR) is 71.3 cm³/mol. The van der Waals surface area contributed by atoms with Crippen LogP contribution in [-0.4, -0.2) is 29.6 Å². The summed E-state index contributed by atoms with van der Waals surface area (Å²) in [5.41, 5.74) is 0.660. The second kappa shape index (κ2) is 7.11. The van der Waals surface area contributed by atoms with E-state index in [4.69, 9.17) is 4.74 Å². The molecule has 1 heterocycles. The molecule has 0 bridgehead atoms. The average Bonchev–Trinajstić information content (AvgIpc) is 2.27. The second-order valence-corrected chi connectivity index (χ2v) is 5.16. The molecule has 0 aliphatic rings. The third-order valence-corrected chi connectivity index (χ3v) is 2.21. The Morgan fingerprint density at radius 2 is 2.11 bits per heavy atom. The Bertz CT molecular complexity index is 358. The summed E-state index contributed by atoms with van der Waals surface area (Å²) in [5, 5.41) is 3.21. The summed E-state index contributed by atoms with van der Waals surface area (Å²) in [5.74, 6) is -0.159. The minimum atomic E-state index is -0.398. The molecule has 1 rings (SSSR count). The lowest BCUT2D eigenvalue weighted by Gasteiger charge is -2.19.